The van der Waals surface area contributed by atoms with Gasteiger partial charge in [-0.1, -0.05) is 23.9 Å². The van der Waals surface area contributed by atoms with Crippen LogP contribution in [0.25, 0.3) is 0 Å². The number of carbonyl (C=O) groups excluding carboxylic acids is 1. The minimum absolute atomic E-state index is 0. The molecule has 0 saturated carbocycles. The number of hydrogen-bond donors (Lipinski definition) is 2. The van der Waals surface area contributed by atoms with Crippen LogP contribution in [0, 0.1) is 0 Å². The van der Waals surface area contributed by atoms with Crippen molar-refractivity contribution < 1.29 is 14.3 Å². The lowest BCUT2D eigenvalue weighted by Crippen LogP contribution is -2.43. The molecule has 9 nitrogen and oxygen atoms in total. The molecule has 0 saturated heterocycles. The third-order valence-electron chi connectivity index (χ3n) is 3.55. The number of nitrogens with zero attached hydrogens (tertiary/aromatic N) is 4. The summed E-state index contributed by atoms with van der Waals surface area (Å²) in [5, 5.41) is 18.4. The van der Waals surface area contributed by atoms with Crippen molar-refractivity contribution in [2.75, 3.05) is 26.0 Å². The SMILES string of the molecule is COc1cccc(CNCCSc2nnnn2C)c1OCC(=O)NC(C)(C)C.Cl. The second-order valence-corrected chi connectivity index (χ2v) is 8.21. The Bertz CT molecular complexity index is 781. The number of benzene rings is 1. The summed E-state index contributed by atoms with van der Waals surface area (Å²) in [6.07, 6.45) is 0. The molecule has 0 radical (unpaired) electrons. The maximum Gasteiger partial charge on any atom is 0.258 e. The number of tetrazole rings is 1. The molecule has 2 N–H and O–H groups in total. The summed E-state index contributed by atoms with van der Waals surface area (Å²) in [4.78, 5) is 12.1. The van der Waals surface area contributed by atoms with E-state index in [0.717, 1.165) is 23.0 Å². The van der Waals surface area contributed by atoms with Gasteiger partial charge in [-0.2, -0.15) is 0 Å². The normalized spacial score (nSPS) is 10.9. The van der Waals surface area contributed by atoms with Crippen LogP contribution < -0.4 is 20.1 Å². The maximum absolute atomic E-state index is 12.1. The molecule has 0 fully saturated rings. The van der Waals surface area contributed by atoms with Gasteiger partial charge in [0.15, 0.2) is 18.1 Å². The summed E-state index contributed by atoms with van der Waals surface area (Å²) >= 11 is 1.58. The average Bonchev–Trinajstić information content (AvgIpc) is 3.03. The number of aromatic nitrogens is 4. The number of rotatable bonds is 10. The predicted molar refractivity (Wildman–Crippen MR) is 115 cm³/mol. The Kier molecular flexibility index (Phi) is 10.2. The summed E-state index contributed by atoms with van der Waals surface area (Å²) in [6, 6.07) is 5.67. The van der Waals surface area contributed by atoms with Gasteiger partial charge in [-0.05, 0) is 37.3 Å². The lowest BCUT2D eigenvalue weighted by atomic mass is 10.1. The molecule has 0 aliphatic heterocycles. The number of ether oxygens (including phenoxy) is 2. The van der Waals surface area contributed by atoms with Crippen LogP contribution in [-0.2, 0) is 18.4 Å². The monoisotopic (exact) mass is 444 g/mol. The third-order valence-corrected chi connectivity index (χ3v) is 4.56. The molecular formula is C18H29ClN6O3S. The number of amides is 1. The fraction of sp³-hybridized carbons (Fsp3) is 0.556. The smallest absolute Gasteiger partial charge is 0.258 e. The van der Waals surface area contributed by atoms with E-state index in [4.69, 9.17) is 9.47 Å². The van der Waals surface area contributed by atoms with Gasteiger partial charge in [-0.3, -0.25) is 4.79 Å². The van der Waals surface area contributed by atoms with E-state index in [2.05, 4.69) is 26.2 Å². The van der Waals surface area contributed by atoms with Gasteiger partial charge in [0.1, 0.15) is 0 Å². The van der Waals surface area contributed by atoms with E-state index in [-0.39, 0.29) is 30.5 Å². The van der Waals surface area contributed by atoms with Crippen LogP contribution in [0.1, 0.15) is 26.3 Å². The highest BCUT2D eigenvalue weighted by molar-refractivity contribution is 7.99. The van der Waals surface area contributed by atoms with Crippen LogP contribution in [0.3, 0.4) is 0 Å². The number of methoxy groups -OCH3 is 1. The molecule has 1 aromatic heterocycles. The zero-order chi connectivity index (χ0) is 20.6. The molecule has 1 amide bonds. The van der Waals surface area contributed by atoms with Crippen molar-refractivity contribution in [1.82, 2.24) is 30.8 Å². The Morgan fingerprint density at radius 1 is 1.31 bits per heavy atom. The van der Waals surface area contributed by atoms with Gasteiger partial charge >= 0.3 is 0 Å². The van der Waals surface area contributed by atoms with E-state index < -0.39 is 0 Å². The van der Waals surface area contributed by atoms with Crippen molar-refractivity contribution in [3.05, 3.63) is 23.8 Å². The molecule has 1 aromatic carbocycles. The van der Waals surface area contributed by atoms with Gasteiger partial charge in [0.25, 0.3) is 5.91 Å². The van der Waals surface area contributed by atoms with Gasteiger partial charge in [-0.15, -0.1) is 17.5 Å². The van der Waals surface area contributed by atoms with Crippen LogP contribution in [0.5, 0.6) is 11.5 Å². The molecule has 2 rings (SSSR count). The van der Waals surface area contributed by atoms with Crippen molar-refractivity contribution in [1.29, 1.82) is 0 Å². The van der Waals surface area contributed by atoms with Gasteiger partial charge < -0.3 is 20.1 Å². The summed E-state index contributed by atoms with van der Waals surface area (Å²) in [5.74, 6) is 1.82. The summed E-state index contributed by atoms with van der Waals surface area (Å²) in [7, 11) is 3.39. The molecule has 0 bridgehead atoms. The summed E-state index contributed by atoms with van der Waals surface area (Å²) < 4.78 is 12.8. The number of para-hydroxylation sites is 1. The predicted octanol–water partition coefficient (Wildman–Crippen LogP) is 1.82. The molecule has 0 unspecified atom stereocenters. The maximum atomic E-state index is 12.1. The zero-order valence-electron chi connectivity index (χ0n) is 17.4. The molecule has 0 spiro atoms. The Balaban J connectivity index is 0.00000420. The fourth-order valence-electron chi connectivity index (χ4n) is 2.40. The van der Waals surface area contributed by atoms with Crippen molar-refractivity contribution in [3.8, 4) is 11.5 Å². The molecule has 29 heavy (non-hydrogen) atoms. The highest BCUT2D eigenvalue weighted by atomic mass is 35.5. The average molecular weight is 445 g/mol. The van der Waals surface area contributed by atoms with E-state index >= 15 is 0 Å². The molecule has 0 aliphatic rings. The van der Waals surface area contributed by atoms with Gasteiger partial charge in [0, 0.05) is 37.0 Å². The topological polar surface area (TPSA) is 103 Å². The second-order valence-electron chi connectivity index (χ2n) is 7.15. The van der Waals surface area contributed by atoms with Crippen molar-refractivity contribution in [2.45, 2.75) is 38.0 Å². The molecule has 0 aliphatic carbocycles. The first-order chi connectivity index (χ1) is 13.3. The molecular weight excluding hydrogens is 416 g/mol. The van der Waals surface area contributed by atoms with Gasteiger partial charge in [-0.25, -0.2) is 4.68 Å². The first kappa shape index (κ1) is 25.0. The largest absolute Gasteiger partial charge is 0.493 e. The highest BCUT2D eigenvalue weighted by Crippen LogP contribution is 2.31. The molecule has 162 valence electrons. The van der Waals surface area contributed by atoms with Crippen LogP contribution in [-0.4, -0.2) is 57.7 Å². The minimum Gasteiger partial charge on any atom is -0.493 e. The van der Waals surface area contributed by atoms with E-state index in [9.17, 15) is 4.79 Å². The number of nitrogens with one attached hydrogen (secondary N) is 2. The Morgan fingerprint density at radius 2 is 2.07 bits per heavy atom. The van der Waals surface area contributed by atoms with Crippen molar-refractivity contribution in [3.63, 3.8) is 0 Å². The first-order valence-electron chi connectivity index (χ1n) is 8.95. The molecule has 1 heterocycles. The highest BCUT2D eigenvalue weighted by Gasteiger charge is 2.16. The summed E-state index contributed by atoms with van der Waals surface area (Å²) in [6.45, 7) is 7.07. The first-order valence-corrected chi connectivity index (χ1v) is 9.94. The summed E-state index contributed by atoms with van der Waals surface area (Å²) in [5.41, 5.74) is 0.620. The van der Waals surface area contributed by atoms with E-state index in [1.807, 2.05) is 46.0 Å². The second kappa shape index (κ2) is 11.8. The van der Waals surface area contributed by atoms with Crippen LogP contribution in [0.2, 0.25) is 0 Å². The molecule has 0 atom stereocenters. The van der Waals surface area contributed by atoms with Crippen LogP contribution >= 0.6 is 24.2 Å². The Labute approximate surface area is 181 Å². The zero-order valence-corrected chi connectivity index (χ0v) is 19.0. The Morgan fingerprint density at radius 3 is 2.69 bits per heavy atom. The van der Waals surface area contributed by atoms with E-state index in [1.165, 1.54) is 0 Å². The van der Waals surface area contributed by atoms with Crippen molar-refractivity contribution >= 4 is 30.1 Å². The number of hydrogen-bond acceptors (Lipinski definition) is 8. The van der Waals surface area contributed by atoms with Gasteiger partial charge in [0.2, 0.25) is 5.16 Å². The molecule has 11 heteroatoms. The quantitative estimate of drug-likeness (QED) is 0.422. The Hall–Kier alpha value is -2.04. The lowest BCUT2D eigenvalue weighted by molar-refractivity contribution is -0.124. The number of aryl methyl sites for hydroxylation is 1. The van der Waals surface area contributed by atoms with Crippen molar-refractivity contribution in [2.24, 2.45) is 7.05 Å². The fourth-order valence-corrected chi connectivity index (χ4v) is 3.14. The molecule has 2 aromatic rings. The number of halogens is 1. The third kappa shape index (κ3) is 8.46. The number of carbonyl (C=O) groups is 1. The standard InChI is InChI=1S/C18H28N6O3S.ClH/c1-18(2,3)20-15(25)12-27-16-13(7-6-8-14(16)26-5)11-19-9-10-28-17-21-22-23-24(17)4;/h6-8,19H,9-12H2,1-5H3,(H,20,25);1H. The minimum atomic E-state index is -0.304. The lowest BCUT2D eigenvalue weighted by Gasteiger charge is -2.21. The van der Waals surface area contributed by atoms with Gasteiger partial charge in [0.05, 0.1) is 7.11 Å². The van der Waals surface area contributed by atoms with E-state index in [1.54, 1.807) is 23.6 Å². The number of thioether (sulfide) groups is 1. The van der Waals surface area contributed by atoms with E-state index in [0.29, 0.717) is 18.0 Å². The van der Waals surface area contributed by atoms with Crippen LogP contribution in [0.15, 0.2) is 23.4 Å². The van der Waals surface area contributed by atoms with Crippen LogP contribution in [0.4, 0.5) is 0 Å².